The lowest BCUT2D eigenvalue weighted by Crippen LogP contribution is -2.50. The summed E-state index contributed by atoms with van der Waals surface area (Å²) in [6.07, 6.45) is 0. The lowest BCUT2D eigenvalue weighted by Gasteiger charge is -2.26. The number of nitrogens with one attached hydrogen (secondary N) is 2. The van der Waals surface area contributed by atoms with Gasteiger partial charge >= 0.3 is 0 Å². The van der Waals surface area contributed by atoms with Gasteiger partial charge in [-0.2, -0.15) is 0 Å². The molecular weight excluding hydrogens is 400 g/mol. The molecule has 32 heavy (non-hydrogen) atoms. The van der Waals surface area contributed by atoms with Crippen molar-refractivity contribution in [1.82, 2.24) is 10.6 Å². The van der Waals surface area contributed by atoms with Crippen LogP contribution in [0.5, 0.6) is 5.75 Å². The molecule has 2 N–H and O–H groups in total. The van der Waals surface area contributed by atoms with Crippen LogP contribution in [0.2, 0.25) is 0 Å². The highest BCUT2D eigenvalue weighted by Gasteiger charge is 2.27. The van der Waals surface area contributed by atoms with Gasteiger partial charge in [0.05, 0.1) is 12.6 Å². The predicted octanol–water partition coefficient (Wildman–Crippen LogP) is 4.75. The maximum atomic E-state index is 13.3. The second-order valence-electron chi connectivity index (χ2n) is 7.92. The zero-order chi connectivity index (χ0) is 22.9. The smallest absolute Gasteiger partial charge is 0.251 e. The Morgan fingerprint density at radius 2 is 1.34 bits per heavy atom. The van der Waals surface area contributed by atoms with Gasteiger partial charge in [-0.05, 0) is 48.2 Å². The Kier molecular flexibility index (Phi) is 8.03. The molecule has 3 aromatic rings. The van der Waals surface area contributed by atoms with E-state index in [-0.39, 0.29) is 23.8 Å². The van der Waals surface area contributed by atoms with E-state index in [0.29, 0.717) is 12.2 Å². The molecule has 0 radical (unpaired) electrons. The maximum absolute atomic E-state index is 13.3. The molecule has 0 aliphatic rings. The number of hydrogen-bond acceptors (Lipinski definition) is 3. The molecule has 0 aromatic heterocycles. The highest BCUT2D eigenvalue weighted by molar-refractivity contribution is 5.97. The van der Waals surface area contributed by atoms with Gasteiger partial charge in [0, 0.05) is 5.56 Å². The van der Waals surface area contributed by atoms with E-state index in [4.69, 9.17) is 4.74 Å². The average molecular weight is 431 g/mol. The van der Waals surface area contributed by atoms with Crippen LogP contribution in [-0.4, -0.2) is 24.5 Å². The zero-order valence-corrected chi connectivity index (χ0v) is 18.7. The lowest BCUT2D eigenvalue weighted by molar-refractivity contribution is -0.124. The molecule has 5 heteroatoms. The van der Waals surface area contributed by atoms with E-state index in [1.807, 2.05) is 81.4 Å². The third-order valence-electron chi connectivity index (χ3n) is 5.22. The van der Waals surface area contributed by atoms with Crippen molar-refractivity contribution < 1.29 is 14.3 Å². The number of carbonyl (C=O) groups is 2. The zero-order valence-electron chi connectivity index (χ0n) is 18.7. The molecule has 2 atom stereocenters. The fraction of sp³-hybridized carbons (Fsp3) is 0.259. The van der Waals surface area contributed by atoms with Crippen LogP contribution in [0.25, 0.3) is 0 Å². The van der Waals surface area contributed by atoms with E-state index < -0.39 is 6.04 Å². The Hall–Kier alpha value is -3.60. The van der Waals surface area contributed by atoms with Gasteiger partial charge in [0.2, 0.25) is 5.91 Å². The van der Waals surface area contributed by atoms with Crippen LogP contribution in [0, 0.1) is 5.92 Å². The third kappa shape index (κ3) is 5.97. The lowest BCUT2D eigenvalue weighted by atomic mass is 9.96. The molecule has 0 aliphatic heterocycles. The van der Waals surface area contributed by atoms with Crippen LogP contribution in [0.4, 0.5) is 0 Å². The number of amides is 2. The van der Waals surface area contributed by atoms with Crippen molar-refractivity contribution in [3.63, 3.8) is 0 Å². The standard InChI is InChI=1S/C27H30N2O3/c1-4-32-23-17-15-21(16-18-23)25(20-11-7-5-8-12-20)29-27(31)24(19(2)3)28-26(30)22-13-9-6-10-14-22/h5-19,24-25H,4H2,1-3H3,(H,28,30)(H,29,31). The quantitative estimate of drug-likeness (QED) is 0.515. The molecule has 0 saturated carbocycles. The third-order valence-corrected chi connectivity index (χ3v) is 5.22. The van der Waals surface area contributed by atoms with Crippen molar-refractivity contribution in [1.29, 1.82) is 0 Å². The van der Waals surface area contributed by atoms with E-state index in [2.05, 4.69) is 10.6 Å². The topological polar surface area (TPSA) is 67.4 Å². The van der Waals surface area contributed by atoms with Crippen molar-refractivity contribution >= 4 is 11.8 Å². The van der Waals surface area contributed by atoms with Gasteiger partial charge in [-0.15, -0.1) is 0 Å². The number of ether oxygens (including phenoxy) is 1. The van der Waals surface area contributed by atoms with Crippen LogP contribution in [0.1, 0.15) is 48.3 Å². The molecule has 2 amide bonds. The Morgan fingerprint density at radius 3 is 1.91 bits per heavy atom. The highest BCUT2D eigenvalue weighted by atomic mass is 16.5. The van der Waals surface area contributed by atoms with E-state index in [9.17, 15) is 9.59 Å². The Labute approximate surface area is 189 Å². The molecule has 166 valence electrons. The van der Waals surface area contributed by atoms with Crippen LogP contribution in [-0.2, 0) is 4.79 Å². The summed E-state index contributed by atoms with van der Waals surface area (Å²) in [5.41, 5.74) is 2.42. The summed E-state index contributed by atoms with van der Waals surface area (Å²) in [7, 11) is 0. The number of hydrogen-bond donors (Lipinski definition) is 2. The van der Waals surface area contributed by atoms with Crippen molar-refractivity contribution in [3.05, 3.63) is 102 Å². The SMILES string of the molecule is CCOc1ccc(C(NC(=O)C(NC(=O)c2ccccc2)C(C)C)c2ccccc2)cc1. The molecule has 0 heterocycles. The molecule has 0 saturated heterocycles. The minimum Gasteiger partial charge on any atom is -0.494 e. The Bertz CT molecular complexity index is 1000. The van der Waals surface area contributed by atoms with Crippen molar-refractivity contribution in [2.24, 2.45) is 5.92 Å². The first-order valence-corrected chi connectivity index (χ1v) is 10.9. The molecule has 3 aromatic carbocycles. The molecule has 0 aliphatic carbocycles. The molecule has 0 spiro atoms. The van der Waals surface area contributed by atoms with Gasteiger partial charge in [0.1, 0.15) is 11.8 Å². The second-order valence-corrected chi connectivity index (χ2v) is 7.92. The summed E-state index contributed by atoms with van der Waals surface area (Å²) in [4.78, 5) is 26.0. The first-order chi connectivity index (χ1) is 15.5. The normalized spacial score (nSPS) is 12.6. The number of carbonyl (C=O) groups excluding carboxylic acids is 2. The highest BCUT2D eigenvalue weighted by Crippen LogP contribution is 2.25. The van der Waals surface area contributed by atoms with Gasteiger partial charge in [-0.3, -0.25) is 9.59 Å². The molecule has 0 bridgehead atoms. The first-order valence-electron chi connectivity index (χ1n) is 10.9. The fourth-order valence-corrected chi connectivity index (χ4v) is 3.51. The summed E-state index contributed by atoms with van der Waals surface area (Å²) < 4.78 is 5.55. The van der Waals surface area contributed by atoms with Crippen LogP contribution in [0.15, 0.2) is 84.9 Å². The van der Waals surface area contributed by atoms with Gasteiger partial charge < -0.3 is 15.4 Å². The Balaban J connectivity index is 1.83. The van der Waals surface area contributed by atoms with Gasteiger partial charge in [0.15, 0.2) is 0 Å². The molecule has 2 unspecified atom stereocenters. The molecule has 3 rings (SSSR count). The fourth-order valence-electron chi connectivity index (χ4n) is 3.51. The van der Waals surface area contributed by atoms with Gasteiger partial charge in [-0.1, -0.05) is 74.5 Å². The minimum absolute atomic E-state index is 0.0839. The number of rotatable bonds is 9. The summed E-state index contributed by atoms with van der Waals surface area (Å²) in [6.45, 7) is 6.37. The Morgan fingerprint density at radius 1 is 0.781 bits per heavy atom. The first kappa shape index (κ1) is 23.1. The van der Waals surface area contributed by atoms with Crippen molar-refractivity contribution in [2.45, 2.75) is 32.9 Å². The van der Waals surface area contributed by atoms with Crippen LogP contribution >= 0.6 is 0 Å². The summed E-state index contributed by atoms with van der Waals surface area (Å²) in [6, 6.07) is 25.4. The van der Waals surface area contributed by atoms with Crippen molar-refractivity contribution in [2.75, 3.05) is 6.61 Å². The molecule has 5 nitrogen and oxygen atoms in total. The van der Waals surface area contributed by atoms with E-state index in [1.54, 1.807) is 24.3 Å². The predicted molar refractivity (Wildman–Crippen MR) is 127 cm³/mol. The van der Waals surface area contributed by atoms with Crippen molar-refractivity contribution in [3.8, 4) is 5.75 Å². The average Bonchev–Trinajstić information content (AvgIpc) is 2.82. The van der Waals surface area contributed by atoms with E-state index >= 15 is 0 Å². The summed E-state index contributed by atoms with van der Waals surface area (Å²) >= 11 is 0. The monoisotopic (exact) mass is 430 g/mol. The maximum Gasteiger partial charge on any atom is 0.251 e. The number of benzene rings is 3. The molecule has 0 fully saturated rings. The molecular formula is C27H30N2O3. The summed E-state index contributed by atoms with van der Waals surface area (Å²) in [5.74, 6) is 0.202. The second kappa shape index (κ2) is 11.1. The van der Waals surface area contributed by atoms with Gasteiger partial charge in [-0.25, -0.2) is 0 Å². The van der Waals surface area contributed by atoms with Crippen LogP contribution in [0.3, 0.4) is 0 Å². The summed E-state index contributed by atoms with van der Waals surface area (Å²) in [5, 5.41) is 6.04. The van der Waals surface area contributed by atoms with Gasteiger partial charge in [0.25, 0.3) is 5.91 Å². The minimum atomic E-state index is -0.670. The van der Waals surface area contributed by atoms with E-state index in [1.165, 1.54) is 0 Å². The van der Waals surface area contributed by atoms with E-state index in [0.717, 1.165) is 16.9 Å². The van der Waals surface area contributed by atoms with Crippen LogP contribution < -0.4 is 15.4 Å². The largest absolute Gasteiger partial charge is 0.494 e.